The molecule has 0 aliphatic carbocycles. The van der Waals surface area contributed by atoms with E-state index in [4.69, 9.17) is 19.9 Å². The quantitative estimate of drug-likeness (QED) is 0.405. The Bertz CT molecular complexity index is 1140. The lowest BCUT2D eigenvalue weighted by molar-refractivity contribution is 0.532. The standard InChI is InChI=1S/C25H28N6/c1-18(2)22-27-23(25(3,4)5)29-24(28-22)31(20-14-10-7-11-15-20)21-16-30(17-26-21)19-12-8-6-9-13-19/h6-18H,1-5H3. The number of nitrogens with zero attached hydrogens (tertiary/aromatic N) is 6. The maximum atomic E-state index is 4.88. The van der Waals surface area contributed by atoms with Gasteiger partial charge in [-0.25, -0.2) is 9.97 Å². The summed E-state index contributed by atoms with van der Waals surface area (Å²) < 4.78 is 2.00. The van der Waals surface area contributed by atoms with Gasteiger partial charge in [0.2, 0.25) is 5.95 Å². The zero-order chi connectivity index (χ0) is 22.0. The SMILES string of the molecule is CC(C)c1nc(N(c2ccccc2)c2cn(-c3ccccc3)cn2)nc(C(C)(C)C)n1. The lowest BCUT2D eigenvalue weighted by atomic mass is 9.95. The minimum absolute atomic E-state index is 0.183. The lowest BCUT2D eigenvalue weighted by Crippen LogP contribution is -2.23. The van der Waals surface area contributed by atoms with Crippen LogP contribution in [0.15, 0.2) is 73.2 Å². The van der Waals surface area contributed by atoms with Crippen molar-refractivity contribution in [3.8, 4) is 5.69 Å². The van der Waals surface area contributed by atoms with Crippen LogP contribution in [0.3, 0.4) is 0 Å². The predicted octanol–water partition coefficient (Wildman–Crippen LogP) is 5.95. The molecule has 0 aliphatic rings. The minimum Gasteiger partial charge on any atom is -0.304 e. The van der Waals surface area contributed by atoms with E-state index in [1.165, 1.54) is 0 Å². The van der Waals surface area contributed by atoms with E-state index in [1.807, 2.05) is 70.5 Å². The van der Waals surface area contributed by atoms with Gasteiger partial charge in [0.1, 0.15) is 18.0 Å². The Hall–Kier alpha value is -3.54. The molecule has 0 unspecified atom stereocenters. The van der Waals surface area contributed by atoms with Gasteiger partial charge in [-0.15, -0.1) is 0 Å². The molecule has 0 bridgehead atoms. The molecule has 0 amide bonds. The van der Waals surface area contributed by atoms with E-state index in [1.54, 1.807) is 0 Å². The fraction of sp³-hybridized carbons (Fsp3) is 0.280. The number of imidazole rings is 1. The Kier molecular flexibility index (Phi) is 5.55. The number of hydrogen-bond acceptors (Lipinski definition) is 5. The molecule has 0 N–H and O–H groups in total. The summed E-state index contributed by atoms with van der Waals surface area (Å²) in [5, 5.41) is 0. The molecule has 158 valence electrons. The summed E-state index contributed by atoms with van der Waals surface area (Å²) >= 11 is 0. The highest BCUT2D eigenvalue weighted by atomic mass is 15.3. The van der Waals surface area contributed by atoms with Crippen LogP contribution in [-0.4, -0.2) is 24.5 Å². The molecule has 4 aromatic rings. The first-order valence-electron chi connectivity index (χ1n) is 10.5. The van der Waals surface area contributed by atoms with E-state index < -0.39 is 0 Å². The Morgan fingerprint density at radius 3 is 2.10 bits per heavy atom. The molecule has 0 spiro atoms. The van der Waals surface area contributed by atoms with Crippen molar-refractivity contribution < 1.29 is 0 Å². The first kappa shape index (κ1) is 20.7. The summed E-state index contributed by atoms with van der Waals surface area (Å²) in [6, 6.07) is 20.2. The molecule has 2 aromatic heterocycles. The summed E-state index contributed by atoms with van der Waals surface area (Å²) in [5.74, 6) is 3.05. The van der Waals surface area contributed by atoms with Crippen LogP contribution >= 0.6 is 0 Å². The second-order valence-corrected chi connectivity index (χ2v) is 8.87. The van der Waals surface area contributed by atoms with E-state index in [-0.39, 0.29) is 11.3 Å². The van der Waals surface area contributed by atoms with E-state index in [0.717, 1.165) is 28.8 Å². The maximum absolute atomic E-state index is 4.88. The molecular formula is C25H28N6. The van der Waals surface area contributed by atoms with Crippen LogP contribution in [0.1, 0.15) is 52.2 Å². The molecule has 0 fully saturated rings. The average Bonchev–Trinajstić information content (AvgIpc) is 3.24. The number of rotatable bonds is 5. The zero-order valence-corrected chi connectivity index (χ0v) is 18.7. The molecule has 0 radical (unpaired) electrons. The van der Waals surface area contributed by atoms with E-state index >= 15 is 0 Å². The Labute approximate surface area is 183 Å². The summed E-state index contributed by atoms with van der Waals surface area (Å²) in [5.41, 5.74) is 1.79. The van der Waals surface area contributed by atoms with Crippen LogP contribution in [0.25, 0.3) is 5.69 Å². The van der Waals surface area contributed by atoms with Gasteiger partial charge in [-0.3, -0.25) is 4.90 Å². The van der Waals surface area contributed by atoms with Crippen molar-refractivity contribution in [2.75, 3.05) is 4.90 Å². The topological polar surface area (TPSA) is 59.7 Å². The normalized spacial score (nSPS) is 11.7. The third-order valence-corrected chi connectivity index (χ3v) is 4.89. The second kappa shape index (κ2) is 8.30. The van der Waals surface area contributed by atoms with Crippen molar-refractivity contribution in [3.63, 3.8) is 0 Å². The van der Waals surface area contributed by atoms with Gasteiger partial charge >= 0.3 is 0 Å². The van der Waals surface area contributed by atoms with Gasteiger partial charge in [-0.1, -0.05) is 71.0 Å². The number of para-hydroxylation sites is 2. The largest absolute Gasteiger partial charge is 0.304 e. The zero-order valence-electron chi connectivity index (χ0n) is 18.7. The molecular weight excluding hydrogens is 384 g/mol. The van der Waals surface area contributed by atoms with Gasteiger partial charge in [0.25, 0.3) is 0 Å². The van der Waals surface area contributed by atoms with Crippen molar-refractivity contribution in [1.82, 2.24) is 24.5 Å². The summed E-state index contributed by atoms with van der Waals surface area (Å²) in [4.78, 5) is 21.2. The minimum atomic E-state index is -0.201. The molecule has 0 atom stereocenters. The van der Waals surface area contributed by atoms with Gasteiger partial charge in [-0.2, -0.15) is 9.97 Å². The summed E-state index contributed by atoms with van der Waals surface area (Å²) in [6.45, 7) is 10.6. The smallest absolute Gasteiger partial charge is 0.239 e. The van der Waals surface area contributed by atoms with E-state index in [9.17, 15) is 0 Å². The first-order valence-corrected chi connectivity index (χ1v) is 10.5. The third kappa shape index (κ3) is 4.48. The molecule has 31 heavy (non-hydrogen) atoms. The van der Waals surface area contributed by atoms with Crippen molar-refractivity contribution in [3.05, 3.63) is 84.8 Å². The molecule has 6 heteroatoms. The fourth-order valence-corrected chi connectivity index (χ4v) is 3.17. The van der Waals surface area contributed by atoms with E-state index in [2.05, 4.69) is 46.8 Å². The highest BCUT2D eigenvalue weighted by Crippen LogP contribution is 2.33. The number of hydrogen-bond donors (Lipinski definition) is 0. The number of aromatic nitrogens is 5. The Morgan fingerprint density at radius 1 is 0.839 bits per heavy atom. The second-order valence-electron chi connectivity index (χ2n) is 8.87. The molecule has 2 heterocycles. The fourth-order valence-electron chi connectivity index (χ4n) is 3.17. The van der Waals surface area contributed by atoms with Crippen molar-refractivity contribution in [2.24, 2.45) is 0 Å². The molecule has 0 saturated carbocycles. The molecule has 0 saturated heterocycles. The van der Waals surface area contributed by atoms with Crippen LogP contribution in [-0.2, 0) is 5.41 Å². The Morgan fingerprint density at radius 2 is 1.48 bits per heavy atom. The lowest BCUT2D eigenvalue weighted by Gasteiger charge is -2.24. The monoisotopic (exact) mass is 412 g/mol. The molecule has 2 aromatic carbocycles. The van der Waals surface area contributed by atoms with Crippen LogP contribution in [0.4, 0.5) is 17.5 Å². The van der Waals surface area contributed by atoms with Crippen molar-refractivity contribution in [2.45, 2.75) is 46.0 Å². The van der Waals surface area contributed by atoms with Crippen molar-refractivity contribution in [1.29, 1.82) is 0 Å². The summed E-state index contributed by atoms with van der Waals surface area (Å²) in [6.07, 6.45) is 3.81. The van der Waals surface area contributed by atoms with Crippen LogP contribution in [0.5, 0.6) is 0 Å². The van der Waals surface area contributed by atoms with Gasteiger partial charge in [0.15, 0.2) is 5.82 Å². The van der Waals surface area contributed by atoms with Crippen LogP contribution < -0.4 is 4.90 Å². The predicted molar refractivity (Wildman–Crippen MR) is 124 cm³/mol. The average molecular weight is 413 g/mol. The molecule has 6 nitrogen and oxygen atoms in total. The number of anilines is 3. The highest BCUT2D eigenvalue weighted by Gasteiger charge is 2.25. The molecule has 4 rings (SSSR count). The van der Waals surface area contributed by atoms with Crippen LogP contribution in [0, 0.1) is 0 Å². The van der Waals surface area contributed by atoms with E-state index in [0.29, 0.717) is 5.95 Å². The first-order chi connectivity index (χ1) is 14.8. The van der Waals surface area contributed by atoms with Gasteiger partial charge in [0, 0.05) is 17.0 Å². The van der Waals surface area contributed by atoms with Gasteiger partial charge in [-0.05, 0) is 24.3 Å². The Balaban J connectivity index is 1.88. The van der Waals surface area contributed by atoms with Crippen molar-refractivity contribution >= 4 is 17.5 Å². The van der Waals surface area contributed by atoms with Gasteiger partial charge in [0.05, 0.1) is 11.9 Å². The van der Waals surface area contributed by atoms with Crippen LogP contribution in [0.2, 0.25) is 0 Å². The third-order valence-electron chi connectivity index (χ3n) is 4.89. The maximum Gasteiger partial charge on any atom is 0.239 e. The van der Waals surface area contributed by atoms with Gasteiger partial charge < -0.3 is 4.57 Å². The highest BCUT2D eigenvalue weighted by molar-refractivity contribution is 5.69. The number of benzene rings is 2. The molecule has 0 aliphatic heterocycles. The summed E-state index contributed by atoms with van der Waals surface area (Å²) in [7, 11) is 0.